The minimum absolute atomic E-state index is 0.291. The molecule has 0 aliphatic rings. The number of benzene rings is 1. The summed E-state index contributed by atoms with van der Waals surface area (Å²) >= 11 is 5.48. The Balaban J connectivity index is 2.59. The Hall–Kier alpha value is -0.760. The molecule has 1 aromatic carbocycles. The Morgan fingerprint density at radius 1 is 1.33 bits per heavy atom. The fourth-order valence-electron chi connectivity index (χ4n) is 1.90. The lowest BCUT2D eigenvalue weighted by Gasteiger charge is -2.14. The first-order valence-corrected chi connectivity index (χ1v) is 8.58. The van der Waals surface area contributed by atoms with E-state index in [-0.39, 0.29) is 5.82 Å². The van der Waals surface area contributed by atoms with Crippen LogP contribution in [0, 0.1) is 9.39 Å². The molecular formula is C15H16BrFIN3. The molecule has 0 aliphatic heterocycles. The number of hydrogen-bond acceptors (Lipinski definition) is 3. The highest BCUT2D eigenvalue weighted by atomic mass is 127. The summed E-state index contributed by atoms with van der Waals surface area (Å²) in [7, 11) is 0. The molecule has 1 N–H and O–H groups in total. The van der Waals surface area contributed by atoms with Gasteiger partial charge in [-0.1, -0.05) is 13.8 Å². The molecule has 2 rings (SSSR count). The summed E-state index contributed by atoms with van der Waals surface area (Å²) in [6.45, 7) is 7.02. The van der Waals surface area contributed by atoms with Gasteiger partial charge in [-0.15, -0.1) is 0 Å². The molecule has 6 heteroatoms. The first-order valence-electron chi connectivity index (χ1n) is 6.70. The topological polar surface area (TPSA) is 37.8 Å². The molecule has 0 radical (unpaired) electrons. The molecule has 1 heterocycles. The predicted octanol–water partition coefficient (Wildman–Crippen LogP) is 5.21. The summed E-state index contributed by atoms with van der Waals surface area (Å²) in [5, 5.41) is 3.26. The summed E-state index contributed by atoms with van der Waals surface area (Å²) in [4.78, 5) is 9.23. The van der Waals surface area contributed by atoms with Gasteiger partial charge in [0.1, 0.15) is 11.6 Å². The van der Waals surface area contributed by atoms with Gasteiger partial charge in [0.25, 0.3) is 0 Å². The zero-order valence-corrected chi connectivity index (χ0v) is 15.8. The number of nitrogens with zero attached hydrogens (tertiary/aromatic N) is 2. The van der Waals surface area contributed by atoms with Crippen LogP contribution in [-0.2, 0) is 0 Å². The third-order valence-electron chi connectivity index (χ3n) is 2.95. The van der Waals surface area contributed by atoms with Crippen LogP contribution < -0.4 is 5.32 Å². The van der Waals surface area contributed by atoms with Gasteiger partial charge in [0.15, 0.2) is 5.82 Å². The molecule has 0 aliphatic carbocycles. The molecule has 0 fully saturated rings. The Labute approximate surface area is 146 Å². The molecule has 0 saturated carbocycles. The van der Waals surface area contributed by atoms with Crippen LogP contribution in [-0.4, -0.2) is 16.5 Å². The minimum atomic E-state index is -0.291. The number of anilines is 1. The van der Waals surface area contributed by atoms with E-state index in [4.69, 9.17) is 0 Å². The third-order valence-corrected chi connectivity index (χ3v) is 4.62. The number of halogens is 3. The van der Waals surface area contributed by atoms with Gasteiger partial charge in [-0.3, -0.25) is 0 Å². The maximum Gasteiger partial charge on any atom is 0.161 e. The molecule has 1 aromatic heterocycles. The molecule has 2 aromatic rings. The van der Waals surface area contributed by atoms with E-state index < -0.39 is 0 Å². The molecule has 0 spiro atoms. The number of aromatic nitrogens is 2. The second-order valence-corrected chi connectivity index (χ2v) is 6.84. The van der Waals surface area contributed by atoms with Crippen LogP contribution in [0.1, 0.15) is 32.4 Å². The highest BCUT2D eigenvalue weighted by Gasteiger charge is 2.16. The van der Waals surface area contributed by atoms with Crippen molar-refractivity contribution < 1.29 is 4.39 Å². The Kier molecular flexibility index (Phi) is 5.54. The molecule has 21 heavy (non-hydrogen) atoms. The van der Waals surface area contributed by atoms with Crippen LogP contribution in [0.15, 0.2) is 22.7 Å². The van der Waals surface area contributed by atoms with E-state index in [2.05, 4.69) is 67.7 Å². The van der Waals surface area contributed by atoms with E-state index in [1.807, 2.05) is 6.92 Å². The van der Waals surface area contributed by atoms with Crippen molar-refractivity contribution in [3.63, 3.8) is 0 Å². The normalized spacial score (nSPS) is 11.0. The van der Waals surface area contributed by atoms with Crippen molar-refractivity contribution in [3.05, 3.63) is 37.8 Å². The van der Waals surface area contributed by atoms with E-state index in [1.54, 1.807) is 12.1 Å². The fourth-order valence-corrected chi connectivity index (χ4v) is 3.33. The standard InChI is InChI=1S/C15H16BrFIN3/c1-4-19-15-12(18)13(8(2)3)20-14(21-15)9-5-6-11(17)10(16)7-9/h5-8H,4H2,1-3H3,(H,19,20,21). The quantitative estimate of drug-likeness (QED) is 0.633. The summed E-state index contributed by atoms with van der Waals surface area (Å²) in [5.74, 6) is 1.43. The van der Waals surface area contributed by atoms with Crippen molar-refractivity contribution in [2.45, 2.75) is 26.7 Å². The van der Waals surface area contributed by atoms with E-state index in [0.717, 1.165) is 27.2 Å². The van der Waals surface area contributed by atoms with Crippen LogP contribution in [0.4, 0.5) is 10.2 Å². The van der Waals surface area contributed by atoms with Crippen molar-refractivity contribution in [3.8, 4) is 11.4 Å². The molecule has 0 unspecified atom stereocenters. The fraction of sp³-hybridized carbons (Fsp3) is 0.333. The van der Waals surface area contributed by atoms with Gasteiger partial charge in [0.2, 0.25) is 0 Å². The van der Waals surface area contributed by atoms with Gasteiger partial charge in [-0.05, 0) is 69.6 Å². The zero-order valence-electron chi connectivity index (χ0n) is 12.0. The van der Waals surface area contributed by atoms with Crippen LogP contribution in [0.3, 0.4) is 0 Å². The van der Waals surface area contributed by atoms with Crippen LogP contribution in [0.2, 0.25) is 0 Å². The van der Waals surface area contributed by atoms with Crippen LogP contribution in [0.5, 0.6) is 0 Å². The van der Waals surface area contributed by atoms with Crippen LogP contribution in [0.25, 0.3) is 11.4 Å². The Morgan fingerprint density at radius 3 is 2.62 bits per heavy atom. The summed E-state index contributed by atoms with van der Waals surface area (Å²) in [5.41, 5.74) is 1.79. The van der Waals surface area contributed by atoms with Crippen LogP contribution >= 0.6 is 38.5 Å². The molecule has 3 nitrogen and oxygen atoms in total. The lowest BCUT2D eigenvalue weighted by atomic mass is 10.1. The molecule has 0 bridgehead atoms. The molecule has 0 atom stereocenters. The lowest BCUT2D eigenvalue weighted by Crippen LogP contribution is -2.09. The monoisotopic (exact) mass is 463 g/mol. The van der Waals surface area contributed by atoms with Gasteiger partial charge in [-0.25, -0.2) is 14.4 Å². The largest absolute Gasteiger partial charge is 0.369 e. The van der Waals surface area contributed by atoms with Crippen molar-refractivity contribution >= 4 is 44.3 Å². The van der Waals surface area contributed by atoms with E-state index in [1.165, 1.54) is 6.07 Å². The third kappa shape index (κ3) is 3.71. The first kappa shape index (κ1) is 16.6. The van der Waals surface area contributed by atoms with Gasteiger partial charge >= 0.3 is 0 Å². The van der Waals surface area contributed by atoms with Gasteiger partial charge in [-0.2, -0.15) is 0 Å². The molecule has 0 amide bonds. The second kappa shape index (κ2) is 7.00. The number of rotatable bonds is 4. The molecular weight excluding hydrogens is 448 g/mol. The van der Waals surface area contributed by atoms with Crippen molar-refractivity contribution in [2.24, 2.45) is 0 Å². The van der Waals surface area contributed by atoms with Gasteiger partial charge in [0, 0.05) is 12.1 Å². The predicted molar refractivity (Wildman–Crippen MR) is 96.1 cm³/mol. The van der Waals surface area contributed by atoms with Gasteiger partial charge < -0.3 is 5.32 Å². The van der Waals surface area contributed by atoms with E-state index in [9.17, 15) is 4.39 Å². The smallest absolute Gasteiger partial charge is 0.161 e. The Bertz CT molecular complexity index is 662. The van der Waals surface area contributed by atoms with Gasteiger partial charge in [0.05, 0.1) is 13.7 Å². The first-order chi connectivity index (χ1) is 9.93. The van der Waals surface area contributed by atoms with Crippen molar-refractivity contribution in [2.75, 3.05) is 11.9 Å². The second-order valence-electron chi connectivity index (χ2n) is 4.91. The highest BCUT2D eigenvalue weighted by Crippen LogP contribution is 2.29. The summed E-state index contributed by atoms with van der Waals surface area (Å²) < 4.78 is 14.8. The summed E-state index contributed by atoms with van der Waals surface area (Å²) in [6.07, 6.45) is 0. The summed E-state index contributed by atoms with van der Waals surface area (Å²) in [6, 6.07) is 4.82. The van der Waals surface area contributed by atoms with Crippen molar-refractivity contribution in [1.82, 2.24) is 9.97 Å². The maximum absolute atomic E-state index is 13.4. The SMILES string of the molecule is CCNc1nc(-c2ccc(F)c(Br)c2)nc(C(C)C)c1I. The lowest BCUT2D eigenvalue weighted by molar-refractivity contribution is 0.621. The zero-order chi connectivity index (χ0) is 15.6. The average Bonchev–Trinajstić information content (AvgIpc) is 2.44. The highest BCUT2D eigenvalue weighted by molar-refractivity contribution is 14.1. The Morgan fingerprint density at radius 2 is 2.05 bits per heavy atom. The van der Waals surface area contributed by atoms with E-state index in [0.29, 0.717) is 16.2 Å². The van der Waals surface area contributed by atoms with E-state index >= 15 is 0 Å². The minimum Gasteiger partial charge on any atom is -0.369 e. The molecule has 0 saturated heterocycles. The maximum atomic E-state index is 13.4. The number of hydrogen-bond donors (Lipinski definition) is 1. The number of nitrogens with one attached hydrogen (secondary N) is 1. The molecule has 112 valence electrons. The van der Waals surface area contributed by atoms with Crippen molar-refractivity contribution in [1.29, 1.82) is 0 Å². The average molecular weight is 464 g/mol.